The molecule has 13 nitrogen and oxygen atoms in total. The molecule has 1 saturated heterocycles. The number of aromatic nitrogens is 7. The highest BCUT2D eigenvalue weighted by Gasteiger charge is 2.19. The summed E-state index contributed by atoms with van der Waals surface area (Å²) >= 11 is 0. The number of ether oxygens (including phenoxy) is 1. The highest BCUT2D eigenvalue weighted by molar-refractivity contribution is 5.96. The van der Waals surface area contributed by atoms with Crippen molar-refractivity contribution in [2.24, 2.45) is 7.05 Å². The number of carbonyl (C=O) groups excluding carboxylic acids is 1. The first-order chi connectivity index (χ1) is 18.5. The first kappa shape index (κ1) is 25.4. The molecule has 5 heterocycles. The van der Waals surface area contributed by atoms with E-state index < -0.39 is 0 Å². The zero-order valence-corrected chi connectivity index (χ0v) is 21.7. The van der Waals surface area contributed by atoms with Gasteiger partial charge in [0.1, 0.15) is 6.33 Å². The van der Waals surface area contributed by atoms with E-state index in [-0.39, 0.29) is 5.91 Å². The number of hydrogen-bond donors (Lipinski definition) is 3. The van der Waals surface area contributed by atoms with Crippen LogP contribution in [0.1, 0.15) is 28.9 Å². The second-order valence-corrected chi connectivity index (χ2v) is 9.22. The van der Waals surface area contributed by atoms with Crippen molar-refractivity contribution in [3.8, 4) is 0 Å². The third-order valence-electron chi connectivity index (χ3n) is 6.56. The van der Waals surface area contributed by atoms with E-state index >= 15 is 0 Å². The molecule has 5 rings (SSSR count). The molecule has 3 N–H and O–H groups in total. The number of anilines is 4. The number of carbonyl (C=O) groups is 1. The standard InChI is InChI=1S/C25H31N11O2/c1-16-21(10-17(11-29-16)24(37)28-6-7-35(2)19-4-8-38-9-5-19)32-22-20-14-30-25(33-23(20)36(3)34-22)31-18-12-26-15-27-13-18/h10-15,19H,4-9H2,1-3H3,(H,28,37)(H,32,34)(H,30,31,33). The summed E-state index contributed by atoms with van der Waals surface area (Å²) in [4.78, 5) is 36.5. The summed E-state index contributed by atoms with van der Waals surface area (Å²) in [7, 11) is 3.90. The zero-order chi connectivity index (χ0) is 26.5. The van der Waals surface area contributed by atoms with Crippen LogP contribution in [0.25, 0.3) is 11.0 Å². The predicted molar refractivity (Wildman–Crippen MR) is 143 cm³/mol. The molecule has 0 unspecified atom stereocenters. The van der Waals surface area contributed by atoms with E-state index in [1.807, 2.05) is 14.0 Å². The Morgan fingerprint density at radius 2 is 1.92 bits per heavy atom. The molecule has 1 fully saturated rings. The summed E-state index contributed by atoms with van der Waals surface area (Å²) in [5, 5.41) is 14.7. The molecule has 0 radical (unpaired) electrons. The highest BCUT2D eigenvalue weighted by Crippen LogP contribution is 2.26. The maximum Gasteiger partial charge on any atom is 0.252 e. The fraction of sp³-hybridized carbons (Fsp3) is 0.400. The van der Waals surface area contributed by atoms with Crippen molar-refractivity contribution in [3.63, 3.8) is 0 Å². The molecule has 38 heavy (non-hydrogen) atoms. The number of aryl methyl sites for hydroxylation is 2. The molecule has 1 amide bonds. The van der Waals surface area contributed by atoms with E-state index in [4.69, 9.17) is 4.74 Å². The van der Waals surface area contributed by atoms with Crippen LogP contribution < -0.4 is 16.0 Å². The molecule has 1 aliphatic rings. The lowest BCUT2D eigenvalue weighted by atomic mass is 10.1. The van der Waals surface area contributed by atoms with E-state index in [1.165, 1.54) is 6.33 Å². The van der Waals surface area contributed by atoms with Crippen LogP contribution in [0.15, 0.2) is 37.2 Å². The molecule has 0 spiro atoms. The zero-order valence-electron chi connectivity index (χ0n) is 21.7. The third-order valence-corrected chi connectivity index (χ3v) is 6.56. The Labute approximate surface area is 220 Å². The minimum Gasteiger partial charge on any atom is -0.381 e. The van der Waals surface area contributed by atoms with Crippen LogP contribution in [0, 0.1) is 6.92 Å². The van der Waals surface area contributed by atoms with Gasteiger partial charge in [-0.1, -0.05) is 0 Å². The van der Waals surface area contributed by atoms with Gasteiger partial charge in [-0.05, 0) is 32.9 Å². The van der Waals surface area contributed by atoms with Gasteiger partial charge < -0.3 is 25.6 Å². The van der Waals surface area contributed by atoms with Gasteiger partial charge in [0.2, 0.25) is 5.95 Å². The van der Waals surface area contributed by atoms with Crippen LogP contribution in [0.5, 0.6) is 0 Å². The number of likely N-dealkylation sites (N-methyl/N-ethyl adjacent to an activating group) is 1. The van der Waals surface area contributed by atoms with Crippen molar-refractivity contribution >= 4 is 40.1 Å². The summed E-state index contributed by atoms with van der Waals surface area (Å²) in [6.07, 6.45) is 10.1. The van der Waals surface area contributed by atoms with Crippen LogP contribution in [-0.2, 0) is 11.8 Å². The number of rotatable bonds is 9. The Kier molecular flexibility index (Phi) is 7.65. The SMILES string of the molecule is Cc1ncc(C(=O)NCCN(C)C2CCOCC2)cc1Nc1nn(C)c2nc(Nc3cncnc3)ncc12. The quantitative estimate of drug-likeness (QED) is 0.300. The number of fused-ring (bicyclic) bond motifs is 1. The van der Waals surface area contributed by atoms with E-state index in [0.29, 0.717) is 46.9 Å². The number of nitrogens with zero attached hydrogens (tertiary/aromatic N) is 8. The van der Waals surface area contributed by atoms with E-state index in [1.54, 1.807) is 35.5 Å². The Bertz CT molecular complexity index is 1400. The summed E-state index contributed by atoms with van der Waals surface area (Å²) in [5.41, 5.74) is 3.21. The van der Waals surface area contributed by atoms with Gasteiger partial charge in [-0.3, -0.25) is 9.78 Å². The van der Waals surface area contributed by atoms with Gasteiger partial charge in [0.15, 0.2) is 11.5 Å². The lowest BCUT2D eigenvalue weighted by molar-refractivity contribution is 0.0432. The second kappa shape index (κ2) is 11.4. The van der Waals surface area contributed by atoms with Crippen LogP contribution >= 0.6 is 0 Å². The molecule has 0 aromatic carbocycles. The molecule has 0 saturated carbocycles. The molecule has 0 aliphatic carbocycles. The maximum absolute atomic E-state index is 12.8. The van der Waals surface area contributed by atoms with Gasteiger partial charge in [0, 0.05) is 51.8 Å². The molecule has 13 heteroatoms. The molecular formula is C25H31N11O2. The van der Waals surface area contributed by atoms with Crippen molar-refractivity contribution < 1.29 is 9.53 Å². The van der Waals surface area contributed by atoms with Gasteiger partial charge in [-0.2, -0.15) is 10.1 Å². The Morgan fingerprint density at radius 1 is 1.13 bits per heavy atom. The molecule has 4 aromatic rings. The van der Waals surface area contributed by atoms with Crippen LogP contribution in [0.3, 0.4) is 0 Å². The smallest absolute Gasteiger partial charge is 0.252 e. The molecule has 0 bridgehead atoms. The first-order valence-electron chi connectivity index (χ1n) is 12.5. The third kappa shape index (κ3) is 5.84. The van der Waals surface area contributed by atoms with Gasteiger partial charge in [-0.25, -0.2) is 19.6 Å². The van der Waals surface area contributed by atoms with Crippen molar-refractivity contribution in [1.29, 1.82) is 0 Å². The van der Waals surface area contributed by atoms with Gasteiger partial charge >= 0.3 is 0 Å². The number of hydrogen-bond acceptors (Lipinski definition) is 11. The van der Waals surface area contributed by atoms with E-state index in [9.17, 15) is 4.79 Å². The minimum absolute atomic E-state index is 0.171. The van der Waals surface area contributed by atoms with Crippen molar-refractivity contribution in [3.05, 3.63) is 48.4 Å². The van der Waals surface area contributed by atoms with Gasteiger partial charge in [0.05, 0.1) is 40.4 Å². The molecule has 0 atom stereocenters. The summed E-state index contributed by atoms with van der Waals surface area (Å²) < 4.78 is 7.10. The van der Waals surface area contributed by atoms with Crippen molar-refractivity contribution in [2.45, 2.75) is 25.8 Å². The predicted octanol–water partition coefficient (Wildman–Crippen LogP) is 2.18. The highest BCUT2D eigenvalue weighted by atomic mass is 16.5. The van der Waals surface area contributed by atoms with Crippen molar-refractivity contribution in [2.75, 3.05) is 44.0 Å². The largest absolute Gasteiger partial charge is 0.381 e. The Balaban J connectivity index is 1.25. The van der Waals surface area contributed by atoms with Crippen LogP contribution in [0.4, 0.5) is 23.1 Å². The summed E-state index contributed by atoms with van der Waals surface area (Å²) in [6.45, 7) is 4.79. The lowest BCUT2D eigenvalue weighted by Gasteiger charge is -2.31. The van der Waals surface area contributed by atoms with Crippen LogP contribution in [-0.4, -0.2) is 84.9 Å². The van der Waals surface area contributed by atoms with Gasteiger partial charge in [0.25, 0.3) is 5.91 Å². The molecule has 1 aliphatic heterocycles. The van der Waals surface area contributed by atoms with E-state index in [0.717, 1.165) is 43.7 Å². The fourth-order valence-corrected chi connectivity index (χ4v) is 4.35. The van der Waals surface area contributed by atoms with Crippen LogP contribution in [0.2, 0.25) is 0 Å². The molecule has 4 aromatic heterocycles. The normalized spacial score (nSPS) is 14.1. The van der Waals surface area contributed by atoms with Gasteiger partial charge in [-0.15, -0.1) is 0 Å². The second-order valence-electron chi connectivity index (χ2n) is 9.22. The number of amides is 1. The monoisotopic (exact) mass is 517 g/mol. The minimum atomic E-state index is -0.171. The first-order valence-corrected chi connectivity index (χ1v) is 12.5. The number of nitrogens with one attached hydrogen (secondary N) is 3. The summed E-state index contributed by atoms with van der Waals surface area (Å²) in [5.74, 6) is 0.800. The Morgan fingerprint density at radius 3 is 2.71 bits per heavy atom. The lowest BCUT2D eigenvalue weighted by Crippen LogP contribution is -2.41. The average molecular weight is 518 g/mol. The van der Waals surface area contributed by atoms with Crippen molar-refractivity contribution in [1.82, 2.24) is 44.9 Å². The molecule has 198 valence electrons. The Hall–Kier alpha value is -4.23. The number of pyridine rings is 1. The topological polar surface area (TPSA) is 148 Å². The van der Waals surface area contributed by atoms with E-state index in [2.05, 4.69) is 57.9 Å². The maximum atomic E-state index is 12.8. The fourth-order valence-electron chi connectivity index (χ4n) is 4.35. The summed E-state index contributed by atoms with van der Waals surface area (Å²) in [6, 6.07) is 2.28. The molecular weight excluding hydrogens is 486 g/mol. The average Bonchev–Trinajstić information content (AvgIpc) is 3.25.